The molecule has 0 saturated carbocycles. The fraction of sp³-hybridized carbons (Fsp3) is 0.786. The van der Waals surface area contributed by atoms with Gasteiger partial charge in [-0.15, -0.1) is 5.10 Å². The Hall–Kier alpha value is -1.47. The van der Waals surface area contributed by atoms with Crippen molar-refractivity contribution in [2.45, 2.75) is 50.8 Å². The molecule has 0 bridgehead atoms. The van der Waals surface area contributed by atoms with E-state index in [0.29, 0.717) is 11.7 Å². The van der Waals surface area contributed by atoms with E-state index in [4.69, 9.17) is 4.74 Å². The maximum Gasteiger partial charge on any atom is 0.273 e. The van der Waals surface area contributed by atoms with Crippen LogP contribution in [-0.4, -0.2) is 52.7 Å². The molecular weight excluding hydrogens is 270 g/mol. The van der Waals surface area contributed by atoms with E-state index in [9.17, 15) is 4.79 Å². The van der Waals surface area contributed by atoms with Crippen molar-refractivity contribution in [3.8, 4) is 0 Å². The molecule has 2 atom stereocenters. The second-order valence-corrected chi connectivity index (χ2v) is 5.88. The van der Waals surface area contributed by atoms with Gasteiger partial charge in [-0.25, -0.2) is 4.68 Å². The lowest BCUT2D eigenvalue weighted by Gasteiger charge is -2.22. The van der Waals surface area contributed by atoms with Crippen LogP contribution < -0.4 is 10.6 Å². The Morgan fingerprint density at radius 2 is 2.29 bits per heavy atom. The highest BCUT2D eigenvalue weighted by molar-refractivity contribution is 5.92. The minimum Gasteiger partial charge on any atom is -0.376 e. The summed E-state index contributed by atoms with van der Waals surface area (Å²) in [6, 6.07) is 0.347. The molecule has 2 saturated heterocycles. The number of carbonyl (C=O) groups excluding carboxylic acids is 1. The summed E-state index contributed by atoms with van der Waals surface area (Å²) in [7, 11) is 0. The Bertz CT molecular complexity index is 477. The summed E-state index contributed by atoms with van der Waals surface area (Å²) in [4.78, 5) is 12.2. The van der Waals surface area contributed by atoms with Gasteiger partial charge in [0.05, 0.1) is 24.4 Å². The van der Waals surface area contributed by atoms with Gasteiger partial charge in [0.25, 0.3) is 5.91 Å². The topological polar surface area (TPSA) is 81.1 Å². The van der Waals surface area contributed by atoms with Gasteiger partial charge in [-0.3, -0.25) is 4.79 Å². The van der Waals surface area contributed by atoms with Crippen molar-refractivity contribution < 1.29 is 9.53 Å². The molecule has 7 heteroatoms. The Labute approximate surface area is 124 Å². The lowest BCUT2D eigenvalue weighted by Crippen LogP contribution is -2.41. The fourth-order valence-corrected chi connectivity index (χ4v) is 3.00. The van der Waals surface area contributed by atoms with E-state index >= 15 is 0 Å². The monoisotopic (exact) mass is 293 g/mol. The van der Waals surface area contributed by atoms with E-state index in [2.05, 4.69) is 20.9 Å². The van der Waals surface area contributed by atoms with Crippen LogP contribution in [0.1, 0.15) is 49.1 Å². The summed E-state index contributed by atoms with van der Waals surface area (Å²) in [5.74, 6) is -0.168. The summed E-state index contributed by atoms with van der Waals surface area (Å²) >= 11 is 0. The molecule has 2 fully saturated rings. The number of nitrogens with zero attached hydrogens (tertiary/aromatic N) is 3. The molecule has 0 radical (unpaired) electrons. The Kier molecular flexibility index (Phi) is 4.50. The highest BCUT2D eigenvalue weighted by Gasteiger charge is 2.25. The van der Waals surface area contributed by atoms with E-state index in [1.807, 2.05) is 11.6 Å². The zero-order valence-electron chi connectivity index (χ0n) is 12.4. The van der Waals surface area contributed by atoms with Crippen LogP contribution in [0.15, 0.2) is 6.20 Å². The molecular formula is C14H23N5O2. The van der Waals surface area contributed by atoms with Gasteiger partial charge in [0, 0.05) is 6.61 Å². The van der Waals surface area contributed by atoms with Crippen molar-refractivity contribution >= 4 is 5.91 Å². The maximum atomic E-state index is 12.2. The largest absolute Gasteiger partial charge is 0.376 e. The maximum absolute atomic E-state index is 12.2. The fourth-order valence-electron chi connectivity index (χ4n) is 3.00. The van der Waals surface area contributed by atoms with Crippen LogP contribution in [0.3, 0.4) is 0 Å². The number of piperidine rings is 1. The number of rotatable bonds is 4. The minimum atomic E-state index is -0.168. The Morgan fingerprint density at radius 1 is 1.48 bits per heavy atom. The van der Waals surface area contributed by atoms with Gasteiger partial charge in [0.2, 0.25) is 0 Å². The molecule has 2 aliphatic rings. The summed E-state index contributed by atoms with van der Waals surface area (Å²) in [6.45, 7) is 4.74. The average Bonchev–Trinajstić information content (AvgIpc) is 3.20. The molecule has 2 N–H and O–H groups in total. The van der Waals surface area contributed by atoms with Gasteiger partial charge in [0.15, 0.2) is 5.69 Å². The lowest BCUT2D eigenvalue weighted by molar-refractivity contribution is 0.0709. The summed E-state index contributed by atoms with van der Waals surface area (Å²) < 4.78 is 7.41. The van der Waals surface area contributed by atoms with E-state index in [1.54, 1.807) is 6.20 Å². The standard InChI is InChI=1S/C14H23N5O2/c1-10(13-3-2-8-21-13)16-14(20)12-9-19(18-17-12)11-4-6-15-7-5-11/h9-11,13,15H,2-8H2,1H3,(H,16,20)/t10-,13-/m1/s1. The number of carbonyl (C=O) groups is 1. The predicted octanol–water partition coefficient (Wildman–Crippen LogP) is 0.500. The summed E-state index contributed by atoms with van der Waals surface area (Å²) in [5, 5.41) is 14.4. The van der Waals surface area contributed by atoms with Crippen LogP contribution in [0.4, 0.5) is 0 Å². The van der Waals surface area contributed by atoms with Crippen molar-refractivity contribution in [2.75, 3.05) is 19.7 Å². The molecule has 0 spiro atoms. The Balaban J connectivity index is 1.58. The van der Waals surface area contributed by atoms with Gasteiger partial charge < -0.3 is 15.4 Å². The highest BCUT2D eigenvalue weighted by atomic mass is 16.5. The molecule has 7 nitrogen and oxygen atoms in total. The minimum absolute atomic E-state index is 0.00373. The molecule has 116 valence electrons. The number of ether oxygens (including phenoxy) is 1. The quantitative estimate of drug-likeness (QED) is 0.845. The van der Waals surface area contributed by atoms with Crippen molar-refractivity contribution in [2.24, 2.45) is 0 Å². The zero-order valence-corrected chi connectivity index (χ0v) is 12.4. The number of amides is 1. The van der Waals surface area contributed by atoms with Gasteiger partial charge in [-0.1, -0.05) is 5.21 Å². The highest BCUT2D eigenvalue weighted by Crippen LogP contribution is 2.18. The lowest BCUT2D eigenvalue weighted by atomic mass is 10.1. The third-order valence-electron chi connectivity index (χ3n) is 4.31. The SMILES string of the molecule is C[C@@H](NC(=O)c1cn(C2CCNCC2)nn1)[C@H]1CCCO1. The second-order valence-electron chi connectivity index (χ2n) is 5.88. The van der Waals surface area contributed by atoms with Crippen LogP contribution >= 0.6 is 0 Å². The van der Waals surface area contributed by atoms with Gasteiger partial charge in [0.1, 0.15) is 0 Å². The van der Waals surface area contributed by atoms with Gasteiger partial charge in [-0.2, -0.15) is 0 Å². The van der Waals surface area contributed by atoms with Crippen molar-refractivity contribution in [3.05, 3.63) is 11.9 Å². The van der Waals surface area contributed by atoms with Crippen LogP contribution in [0.5, 0.6) is 0 Å². The summed E-state index contributed by atoms with van der Waals surface area (Å²) in [6.07, 6.45) is 5.99. The molecule has 1 amide bonds. The first-order valence-corrected chi connectivity index (χ1v) is 7.79. The van der Waals surface area contributed by atoms with Crippen molar-refractivity contribution in [1.82, 2.24) is 25.6 Å². The number of aromatic nitrogens is 3. The number of hydrogen-bond acceptors (Lipinski definition) is 5. The molecule has 0 unspecified atom stereocenters. The molecule has 3 heterocycles. The number of hydrogen-bond donors (Lipinski definition) is 2. The zero-order chi connectivity index (χ0) is 14.7. The van der Waals surface area contributed by atoms with E-state index in [-0.39, 0.29) is 18.1 Å². The third kappa shape index (κ3) is 3.41. The first-order valence-electron chi connectivity index (χ1n) is 7.79. The van der Waals surface area contributed by atoms with E-state index < -0.39 is 0 Å². The third-order valence-corrected chi connectivity index (χ3v) is 4.31. The molecule has 2 aliphatic heterocycles. The van der Waals surface area contributed by atoms with Crippen LogP contribution in [-0.2, 0) is 4.74 Å². The van der Waals surface area contributed by atoms with Gasteiger partial charge >= 0.3 is 0 Å². The van der Waals surface area contributed by atoms with Crippen LogP contribution in [0.2, 0.25) is 0 Å². The van der Waals surface area contributed by atoms with Crippen molar-refractivity contribution in [3.63, 3.8) is 0 Å². The van der Waals surface area contributed by atoms with Gasteiger partial charge in [-0.05, 0) is 45.7 Å². The average molecular weight is 293 g/mol. The smallest absolute Gasteiger partial charge is 0.273 e. The molecule has 21 heavy (non-hydrogen) atoms. The molecule has 0 aromatic carbocycles. The first kappa shape index (κ1) is 14.5. The van der Waals surface area contributed by atoms with Crippen LogP contribution in [0.25, 0.3) is 0 Å². The summed E-state index contributed by atoms with van der Waals surface area (Å²) in [5.41, 5.74) is 0.387. The van der Waals surface area contributed by atoms with Crippen LogP contribution in [0, 0.1) is 0 Å². The molecule has 3 rings (SSSR count). The normalized spacial score (nSPS) is 24.9. The Morgan fingerprint density at radius 3 is 3.00 bits per heavy atom. The predicted molar refractivity (Wildman–Crippen MR) is 77.1 cm³/mol. The number of nitrogens with one attached hydrogen (secondary N) is 2. The van der Waals surface area contributed by atoms with E-state index in [0.717, 1.165) is 45.4 Å². The van der Waals surface area contributed by atoms with Crippen molar-refractivity contribution in [1.29, 1.82) is 0 Å². The molecule has 0 aliphatic carbocycles. The molecule has 1 aromatic heterocycles. The first-order chi connectivity index (χ1) is 10.2. The second kappa shape index (κ2) is 6.53. The van der Waals surface area contributed by atoms with E-state index in [1.165, 1.54) is 0 Å². The molecule has 1 aromatic rings.